The van der Waals surface area contributed by atoms with Gasteiger partial charge in [0.05, 0.1) is 5.56 Å². The van der Waals surface area contributed by atoms with Crippen molar-refractivity contribution >= 4 is 5.97 Å². The standard InChI is InChI=1S/C15H22N2O2/c1-2-5-12(14-10-16-8-9-17-14)11-6-3-4-7-13(11)15(18)19/h3-4,6-7,12,14,16-17H,2,5,8-10H2,1H3,(H,18,19). The lowest BCUT2D eigenvalue weighted by atomic mass is 9.84. The van der Waals surface area contributed by atoms with Gasteiger partial charge in [0.2, 0.25) is 0 Å². The molecule has 0 aromatic heterocycles. The SMILES string of the molecule is CCCC(c1ccccc1C(=O)O)C1CNCCN1. The van der Waals surface area contributed by atoms with E-state index in [2.05, 4.69) is 17.6 Å². The summed E-state index contributed by atoms with van der Waals surface area (Å²) in [5.41, 5.74) is 1.39. The average Bonchev–Trinajstić information content (AvgIpc) is 2.45. The summed E-state index contributed by atoms with van der Waals surface area (Å²) >= 11 is 0. The zero-order chi connectivity index (χ0) is 13.7. The van der Waals surface area contributed by atoms with Crippen molar-refractivity contribution in [3.63, 3.8) is 0 Å². The van der Waals surface area contributed by atoms with Crippen LogP contribution in [0.15, 0.2) is 24.3 Å². The van der Waals surface area contributed by atoms with Crippen molar-refractivity contribution in [3.8, 4) is 0 Å². The molecule has 4 heteroatoms. The molecule has 1 aliphatic heterocycles. The van der Waals surface area contributed by atoms with E-state index in [0.29, 0.717) is 11.6 Å². The summed E-state index contributed by atoms with van der Waals surface area (Å²) in [6, 6.07) is 7.70. The number of piperazine rings is 1. The van der Waals surface area contributed by atoms with Crippen LogP contribution in [0.1, 0.15) is 41.6 Å². The Morgan fingerprint density at radius 1 is 1.42 bits per heavy atom. The van der Waals surface area contributed by atoms with Crippen LogP contribution in [0.2, 0.25) is 0 Å². The summed E-state index contributed by atoms with van der Waals surface area (Å²) < 4.78 is 0. The maximum absolute atomic E-state index is 11.4. The Bertz CT molecular complexity index is 428. The van der Waals surface area contributed by atoms with Gasteiger partial charge in [0.25, 0.3) is 0 Å². The molecule has 0 bridgehead atoms. The molecule has 104 valence electrons. The van der Waals surface area contributed by atoms with Gasteiger partial charge in [0.1, 0.15) is 0 Å². The molecule has 19 heavy (non-hydrogen) atoms. The second-order valence-electron chi connectivity index (χ2n) is 5.05. The number of aromatic carboxylic acids is 1. The number of carbonyl (C=O) groups is 1. The lowest BCUT2D eigenvalue weighted by Gasteiger charge is -2.32. The molecule has 1 aromatic rings. The number of rotatable bonds is 5. The molecule has 2 rings (SSSR count). The van der Waals surface area contributed by atoms with Crippen LogP contribution in [-0.2, 0) is 0 Å². The first-order valence-corrected chi connectivity index (χ1v) is 7.00. The summed E-state index contributed by atoms with van der Waals surface area (Å²) in [7, 11) is 0. The van der Waals surface area contributed by atoms with Crippen LogP contribution in [0, 0.1) is 0 Å². The van der Waals surface area contributed by atoms with Crippen molar-refractivity contribution in [1.29, 1.82) is 0 Å². The minimum absolute atomic E-state index is 0.255. The van der Waals surface area contributed by atoms with E-state index >= 15 is 0 Å². The van der Waals surface area contributed by atoms with E-state index in [1.807, 2.05) is 12.1 Å². The van der Waals surface area contributed by atoms with Crippen molar-refractivity contribution in [2.45, 2.75) is 31.7 Å². The minimum atomic E-state index is -0.833. The summed E-state index contributed by atoms with van der Waals surface area (Å²) in [5, 5.41) is 16.2. The molecular formula is C15H22N2O2. The zero-order valence-electron chi connectivity index (χ0n) is 11.4. The maximum atomic E-state index is 11.4. The molecule has 3 N–H and O–H groups in total. The highest BCUT2D eigenvalue weighted by atomic mass is 16.4. The number of carboxylic acid groups (broad SMARTS) is 1. The summed E-state index contributed by atoms with van der Waals surface area (Å²) in [6.07, 6.45) is 2.06. The smallest absolute Gasteiger partial charge is 0.335 e. The fourth-order valence-corrected chi connectivity index (χ4v) is 2.86. The van der Waals surface area contributed by atoms with Crippen molar-refractivity contribution in [2.75, 3.05) is 19.6 Å². The third kappa shape index (κ3) is 3.33. The van der Waals surface area contributed by atoms with E-state index in [0.717, 1.165) is 38.0 Å². The Labute approximate surface area is 114 Å². The molecule has 1 fully saturated rings. The van der Waals surface area contributed by atoms with Crippen LogP contribution in [0.25, 0.3) is 0 Å². The molecule has 0 amide bonds. The molecule has 2 unspecified atom stereocenters. The van der Waals surface area contributed by atoms with Gasteiger partial charge < -0.3 is 15.7 Å². The average molecular weight is 262 g/mol. The number of hydrogen-bond donors (Lipinski definition) is 3. The molecular weight excluding hydrogens is 240 g/mol. The van der Waals surface area contributed by atoms with Crippen LogP contribution < -0.4 is 10.6 Å². The Kier molecular flexibility index (Phi) is 4.93. The molecule has 1 aliphatic rings. The van der Waals surface area contributed by atoms with E-state index in [-0.39, 0.29) is 5.92 Å². The van der Waals surface area contributed by atoms with Crippen LogP contribution in [0.4, 0.5) is 0 Å². The molecule has 0 spiro atoms. The van der Waals surface area contributed by atoms with Crippen molar-refractivity contribution in [2.24, 2.45) is 0 Å². The Morgan fingerprint density at radius 2 is 2.21 bits per heavy atom. The van der Waals surface area contributed by atoms with Gasteiger partial charge in [-0.05, 0) is 18.1 Å². The second-order valence-corrected chi connectivity index (χ2v) is 5.05. The highest BCUT2D eigenvalue weighted by Gasteiger charge is 2.27. The third-order valence-electron chi connectivity index (χ3n) is 3.75. The number of carboxylic acids is 1. The monoisotopic (exact) mass is 262 g/mol. The van der Waals surface area contributed by atoms with Gasteiger partial charge in [-0.15, -0.1) is 0 Å². The van der Waals surface area contributed by atoms with E-state index in [1.165, 1.54) is 0 Å². The summed E-state index contributed by atoms with van der Waals surface area (Å²) in [6.45, 7) is 4.97. The van der Waals surface area contributed by atoms with E-state index in [4.69, 9.17) is 0 Å². The molecule has 0 aliphatic carbocycles. The van der Waals surface area contributed by atoms with Gasteiger partial charge in [0.15, 0.2) is 0 Å². The first kappa shape index (κ1) is 14.0. The highest BCUT2D eigenvalue weighted by Crippen LogP contribution is 2.28. The lowest BCUT2D eigenvalue weighted by molar-refractivity contribution is 0.0694. The van der Waals surface area contributed by atoms with Gasteiger partial charge in [-0.1, -0.05) is 31.5 Å². The second kappa shape index (κ2) is 6.68. The predicted octanol–water partition coefficient (Wildman–Crippen LogP) is 1.83. The third-order valence-corrected chi connectivity index (χ3v) is 3.75. The number of nitrogens with one attached hydrogen (secondary N) is 2. The molecule has 1 saturated heterocycles. The van der Waals surface area contributed by atoms with Gasteiger partial charge in [-0.2, -0.15) is 0 Å². The van der Waals surface area contributed by atoms with Gasteiger partial charge >= 0.3 is 5.97 Å². The van der Waals surface area contributed by atoms with Crippen molar-refractivity contribution < 1.29 is 9.90 Å². The van der Waals surface area contributed by atoms with Crippen LogP contribution in [0.5, 0.6) is 0 Å². The molecule has 4 nitrogen and oxygen atoms in total. The van der Waals surface area contributed by atoms with Gasteiger partial charge in [0, 0.05) is 31.6 Å². The number of benzene rings is 1. The predicted molar refractivity (Wildman–Crippen MR) is 75.7 cm³/mol. The highest BCUT2D eigenvalue weighted by molar-refractivity contribution is 5.89. The van der Waals surface area contributed by atoms with Crippen LogP contribution in [0.3, 0.4) is 0 Å². The first-order chi connectivity index (χ1) is 9.24. The Balaban J connectivity index is 2.29. The summed E-state index contributed by atoms with van der Waals surface area (Å²) in [5.74, 6) is -0.578. The Hall–Kier alpha value is -1.39. The summed E-state index contributed by atoms with van der Waals surface area (Å²) in [4.78, 5) is 11.4. The zero-order valence-corrected chi connectivity index (χ0v) is 11.4. The van der Waals surface area contributed by atoms with Crippen molar-refractivity contribution in [1.82, 2.24) is 10.6 Å². The van der Waals surface area contributed by atoms with Crippen LogP contribution >= 0.6 is 0 Å². The molecule has 1 aromatic carbocycles. The number of hydrogen-bond acceptors (Lipinski definition) is 3. The largest absolute Gasteiger partial charge is 0.478 e. The molecule has 0 saturated carbocycles. The van der Waals surface area contributed by atoms with E-state index in [9.17, 15) is 9.90 Å². The lowest BCUT2D eigenvalue weighted by Crippen LogP contribution is -2.51. The topological polar surface area (TPSA) is 61.4 Å². The van der Waals surface area contributed by atoms with Gasteiger partial charge in [-0.25, -0.2) is 4.79 Å². The quantitative estimate of drug-likeness (QED) is 0.757. The molecule has 1 heterocycles. The molecule has 0 radical (unpaired) electrons. The minimum Gasteiger partial charge on any atom is -0.478 e. The normalized spacial score (nSPS) is 21.0. The van der Waals surface area contributed by atoms with Crippen LogP contribution in [-0.4, -0.2) is 36.8 Å². The van der Waals surface area contributed by atoms with Gasteiger partial charge in [-0.3, -0.25) is 0 Å². The van der Waals surface area contributed by atoms with Crippen molar-refractivity contribution in [3.05, 3.63) is 35.4 Å². The molecule has 2 atom stereocenters. The maximum Gasteiger partial charge on any atom is 0.335 e. The Morgan fingerprint density at radius 3 is 2.84 bits per heavy atom. The fraction of sp³-hybridized carbons (Fsp3) is 0.533. The van der Waals surface area contributed by atoms with E-state index in [1.54, 1.807) is 12.1 Å². The fourth-order valence-electron chi connectivity index (χ4n) is 2.86. The first-order valence-electron chi connectivity index (χ1n) is 7.00. The van der Waals surface area contributed by atoms with E-state index < -0.39 is 5.97 Å².